The fraction of sp³-hybridized carbons (Fsp3) is 0.581. The van der Waals surface area contributed by atoms with Crippen molar-refractivity contribution in [1.29, 1.82) is 0 Å². The van der Waals surface area contributed by atoms with Crippen molar-refractivity contribution in [3.8, 4) is 11.8 Å². The van der Waals surface area contributed by atoms with Gasteiger partial charge in [0, 0.05) is 36.5 Å². The number of hydrogen-bond donors (Lipinski definition) is 1. The predicted molar refractivity (Wildman–Crippen MR) is 139 cm³/mol. The van der Waals surface area contributed by atoms with Gasteiger partial charge in [0.15, 0.2) is 5.78 Å². The minimum atomic E-state index is -0.919. The molecule has 1 N–H and O–H groups in total. The van der Waals surface area contributed by atoms with E-state index in [4.69, 9.17) is 0 Å². The lowest BCUT2D eigenvalue weighted by Gasteiger charge is -2.53. The molecule has 2 fully saturated rings. The predicted octanol–water partition coefficient (Wildman–Crippen LogP) is 6.19. The second kappa shape index (κ2) is 8.42. The number of allylic oxidation sites excluding steroid dienone is 4. The van der Waals surface area contributed by atoms with Crippen LogP contribution in [0, 0.1) is 29.1 Å². The van der Waals surface area contributed by atoms with Gasteiger partial charge < -0.3 is 10.0 Å². The fourth-order valence-corrected chi connectivity index (χ4v) is 7.62. The van der Waals surface area contributed by atoms with Gasteiger partial charge in [-0.1, -0.05) is 30.6 Å². The normalized spacial score (nSPS) is 34.6. The smallest absolute Gasteiger partial charge is 0.156 e. The van der Waals surface area contributed by atoms with Gasteiger partial charge >= 0.3 is 0 Å². The lowest BCUT2D eigenvalue weighted by molar-refractivity contribution is -0.114. The van der Waals surface area contributed by atoms with Gasteiger partial charge in [-0.05, 0) is 106 Å². The molecule has 0 heterocycles. The number of rotatable bonds is 3. The highest BCUT2D eigenvalue weighted by atomic mass is 16.3. The van der Waals surface area contributed by atoms with E-state index < -0.39 is 5.60 Å². The van der Waals surface area contributed by atoms with Crippen LogP contribution in [0.3, 0.4) is 0 Å². The van der Waals surface area contributed by atoms with Gasteiger partial charge in [-0.15, -0.1) is 5.92 Å². The Morgan fingerprint density at radius 2 is 1.85 bits per heavy atom. The third-order valence-corrected chi connectivity index (χ3v) is 9.70. The van der Waals surface area contributed by atoms with Crippen molar-refractivity contribution in [3.63, 3.8) is 0 Å². The Labute approximate surface area is 205 Å². The molecule has 0 radical (unpaired) electrons. The van der Waals surface area contributed by atoms with Crippen molar-refractivity contribution in [2.75, 3.05) is 11.9 Å². The topological polar surface area (TPSA) is 40.5 Å². The summed E-state index contributed by atoms with van der Waals surface area (Å²) < 4.78 is 0. The van der Waals surface area contributed by atoms with E-state index in [1.807, 2.05) is 13.0 Å². The molecule has 2 saturated carbocycles. The van der Waals surface area contributed by atoms with Crippen LogP contribution in [-0.4, -0.2) is 29.6 Å². The van der Waals surface area contributed by atoms with Crippen LogP contribution in [0.25, 0.3) is 0 Å². The first-order valence-electron chi connectivity index (χ1n) is 13.1. The van der Waals surface area contributed by atoms with Crippen LogP contribution in [0.4, 0.5) is 5.69 Å². The van der Waals surface area contributed by atoms with E-state index in [1.165, 1.54) is 22.4 Å². The van der Waals surface area contributed by atoms with E-state index in [9.17, 15) is 9.90 Å². The quantitative estimate of drug-likeness (QED) is 0.552. The van der Waals surface area contributed by atoms with Crippen LogP contribution in [0.2, 0.25) is 0 Å². The van der Waals surface area contributed by atoms with Crippen molar-refractivity contribution in [2.45, 2.75) is 90.2 Å². The first kappa shape index (κ1) is 23.4. The Hall–Kier alpha value is -2.31. The van der Waals surface area contributed by atoms with Gasteiger partial charge in [0.1, 0.15) is 5.60 Å². The molecule has 3 heteroatoms. The van der Waals surface area contributed by atoms with E-state index in [0.717, 1.165) is 38.5 Å². The zero-order valence-electron chi connectivity index (χ0n) is 21.4. The van der Waals surface area contributed by atoms with Gasteiger partial charge in [0.2, 0.25) is 0 Å². The van der Waals surface area contributed by atoms with Crippen LogP contribution in [0.5, 0.6) is 0 Å². The summed E-state index contributed by atoms with van der Waals surface area (Å²) >= 11 is 0. The fourth-order valence-electron chi connectivity index (χ4n) is 7.62. The standard InChI is InChI=1S/C31H39NO2/c1-6-16-31(34)17-15-28-26-13-9-22-18-24(33)12-14-25(22)29(26)27(19-30(28,31)4)21-7-10-23(11-8-21)32(5)20(2)3/h7-8,10-11,18,20,26-28,34H,9,12-15,17,19H2,1-5H3/t26-,27+,28-,30-,31-/m0/s1/i5-1. The van der Waals surface area contributed by atoms with Gasteiger partial charge in [-0.3, -0.25) is 4.79 Å². The maximum absolute atomic E-state index is 12.2. The minimum Gasteiger partial charge on any atom is -0.377 e. The lowest BCUT2D eigenvalue weighted by Crippen LogP contribution is -2.51. The third kappa shape index (κ3) is 3.49. The van der Waals surface area contributed by atoms with Crippen LogP contribution < -0.4 is 4.90 Å². The average molecular weight is 457 g/mol. The molecule has 5 rings (SSSR count). The summed E-state index contributed by atoms with van der Waals surface area (Å²) in [5.41, 5.74) is 5.74. The number of nitrogens with zero attached hydrogens (tertiary/aromatic N) is 1. The molecule has 0 spiro atoms. The molecule has 1 aromatic rings. The van der Waals surface area contributed by atoms with E-state index in [1.54, 1.807) is 5.57 Å². The summed E-state index contributed by atoms with van der Waals surface area (Å²) in [6.45, 7) is 8.58. The lowest BCUT2D eigenvalue weighted by atomic mass is 9.51. The third-order valence-electron chi connectivity index (χ3n) is 9.70. The van der Waals surface area contributed by atoms with Crippen LogP contribution in [0.15, 0.2) is 47.1 Å². The van der Waals surface area contributed by atoms with Crippen LogP contribution in [0.1, 0.15) is 84.1 Å². The minimum absolute atomic E-state index is 0.228. The summed E-state index contributed by atoms with van der Waals surface area (Å²) in [6, 6.07) is 9.56. The number of benzene rings is 1. The number of ketones is 1. The Kier molecular flexibility index (Phi) is 5.80. The number of carbonyl (C=O) groups excluding carboxylic acids is 1. The molecule has 0 aromatic heterocycles. The molecular weight excluding hydrogens is 417 g/mol. The number of anilines is 1. The molecule has 4 aliphatic rings. The Balaban J connectivity index is 1.64. The van der Waals surface area contributed by atoms with Crippen molar-refractivity contribution in [3.05, 3.63) is 52.6 Å². The SMILES string of the molecule is CC#C[C@]1(O)CC[C@H]2[C@@H]3CCC4=CC(=O)CCC4=C3[C@@H](c3ccc(N([11CH3])C(C)C)cc3)C[C@@]21C. The number of hydrogen-bond acceptors (Lipinski definition) is 3. The summed E-state index contributed by atoms with van der Waals surface area (Å²) in [5.74, 6) is 7.77. The number of fused-ring (bicyclic) bond motifs is 4. The zero-order chi connectivity index (χ0) is 24.3. The molecule has 3 nitrogen and oxygen atoms in total. The van der Waals surface area contributed by atoms with Gasteiger partial charge in [-0.2, -0.15) is 0 Å². The molecule has 5 atom stereocenters. The van der Waals surface area contributed by atoms with Crippen molar-refractivity contribution >= 4 is 11.5 Å². The van der Waals surface area contributed by atoms with Gasteiger partial charge in [0.25, 0.3) is 0 Å². The summed E-state index contributed by atoms with van der Waals surface area (Å²) in [7, 11) is 2.14. The Morgan fingerprint density at radius 1 is 1.12 bits per heavy atom. The van der Waals surface area contributed by atoms with Crippen molar-refractivity contribution in [1.82, 2.24) is 0 Å². The maximum Gasteiger partial charge on any atom is 0.156 e. The molecule has 4 aliphatic carbocycles. The highest BCUT2D eigenvalue weighted by molar-refractivity contribution is 5.93. The van der Waals surface area contributed by atoms with Crippen molar-refractivity contribution < 1.29 is 9.90 Å². The summed E-state index contributed by atoms with van der Waals surface area (Å²) in [6.07, 6.45) is 8.23. The molecule has 1 aromatic carbocycles. The highest BCUT2D eigenvalue weighted by Crippen LogP contribution is 2.66. The zero-order valence-corrected chi connectivity index (χ0v) is 21.4. The molecular formula is C31H39NO2. The molecule has 34 heavy (non-hydrogen) atoms. The molecule has 0 aliphatic heterocycles. The first-order valence-corrected chi connectivity index (χ1v) is 13.1. The van der Waals surface area contributed by atoms with E-state index in [2.05, 4.69) is 68.8 Å². The molecule has 0 unspecified atom stereocenters. The molecule has 0 bridgehead atoms. The molecule has 180 valence electrons. The van der Waals surface area contributed by atoms with E-state index in [-0.39, 0.29) is 17.1 Å². The van der Waals surface area contributed by atoms with Gasteiger partial charge in [0.05, 0.1) is 0 Å². The molecule has 0 amide bonds. The number of carbonyl (C=O) groups is 1. The van der Waals surface area contributed by atoms with Crippen LogP contribution >= 0.6 is 0 Å². The highest BCUT2D eigenvalue weighted by Gasteiger charge is 2.62. The van der Waals surface area contributed by atoms with Gasteiger partial charge in [-0.25, -0.2) is 0 Å². The average Bonchev–Trinajstić information content (AvgIpc) is 3.08. The second-order valence-corrected chi connectivity index (χ2v) is 11.6. The monoisotopic (exact) mass is 456 g/mol. The first-order chi connectivity index (χ1) is 16.2. The summed E-state index contributed by atoms with van der Waals surface area (Å²) in [4.78, 5) is 14.5. The van der Waals surface area contributed by atoms with Crippen molar-refractivity contribution in [2.24, 2.45) is 17.3 Å². The largest absolute Gasteiger partial charge is 0.377 e. The molecule has 0 saturated heterocycles. The van der Waals surface area contributed by atoms with E-state index >= 15 is 0 Å². The Bertz CT molecular complexity index is 1110. The van der Waals surface area contributed by atoms with Crippen LogP contribution in [-0.2, 0) is 4.79 Å². The second-order valence-electron chi connectivity index (χ2n) is 11.6. The Morgan fingerprint density at radius 3 is 2.53 bits per heavy atom. The number of aliphatic hydroxyl groups is 1. The van der Waals surface area contributed by atoms with E-state index in [0.29, 0.717) is 24.3 Å². The summed E-state index contributed by atoms with van der Waals surface area (Å²) in [5, 5.41) is 11.8. The maximum atomic E-state index is 12.2.